The van der Waals surface area contributed by atoms with Crippen LogP contribution in [-0.2, 0) is 4.79 Å². The summed E-state index contributed by atoms with van der Waals surface area (Å²) < 4.78 is 0. The van der Waals surface area contributed by atoms with Gasteiger partial charge in [-0.2, -0.15) is 0 Å². The fourth-order valence-corrected chi connectivity index (χ4v) is 2.43. The van der Waals surface area contributed by atoms with Crippen molar-refractivity contribution in [2.75, 3.05) is 5.32 Å². The zero-order chi connectivity index (χ0) is 12.3. The molecular formula is C14H21ClN2O. The highest BCUT2D eigenvalue weighted by Gasteiger charge is 2.25. The molecule has 0 spiro atoms. The topological polar surface area (TPSA) is 55.1 Å². The van der Waals surface area contributed by atoms with E-state index in [9.17, 15) is 4.79 Å². The van der Waals surface area contributed by atoms with Crippen LogP contribution in [0.4, 0.5) is 5.69 Å². The van der Waals surface area contributed by atoms with Gasteiger partial charge < -0.3 is 11.1 Å². The standard InChI is InChI=1S/C14H20N2O.ClH/c1-10-4-2-7-13(8-10)16-14(17)11-5-3-6-12(15)9-11;/h2,4,7-8,11-12H,3,5-6,9,15H2,1H3,(H,16,17);1H. The van der Waals surface area contributed by atoms with E-state index in [1.807, 2.05) is 31.2 Å². The molecule has 100 valence electrons. The summed E-state index contributed by atoms with van der Waals surface area (Å²) in [5.74, 6) is 0.199. The quantitative estimate of drug-likeness (QED) is 0.867. The first-order valence-electron chi connectivity index (χ1n) is 6.28. The third kappa shape index (κ3) is 4.00. The van der Waals surface area contributed by atoms with Gasteiger partial charge in [0.15, 0.2) is 0 Å². The van der Waals surface area contributed by atoms with Crippen molar-refractivity contribution in [1.29, 1.82) is 0 Å². The van der Waals surface area contributed by atoms with Gasteiger partial charge in [-0.15, -0.1) is 12.4 Å². The monoisotopic (exact) mass is 268 g/mol. The molecule has 3 N–H and O–H groups in total. The first-order valence-corrected chi connectivity index (χ1v) is 6.28. The van der Waals surface area contributed by atoms with Crippen molar-refractivity contribution < 1.29 is 4.79 Å². The van der Waals surface area contributed by atoms with Crippen molar-refractivity contribution in [2.45, 2.75) is 38.6 Å². The molecular weight excluding hydrogens is 248 g/mol. The minimum absolute atomic E-state index is 0. The molecule has 1 aliphatic rings. The van der Waals surface area contributed by atoms with Crippen molar-refractivity contribution in [2.24, 2.45) is 11.7 Å². The van der Waals surface area contributed by atoms with E-state index in [-0.39, 0.29) is 30.3 Å². The van der Waals surface area contributed by atoms with Crippen molar-refractivity contribution in [1.82, 2.24) is 0 Å². The number of nitrogens with one attached hydrogen (secondary N) is 1. The Bertz CT molecular complexity index is 409. The SMILES string of the molecule is Cc1cccc(NC(=O)C2CCCC(N)C2)c1.Cl. The van der Waals surface area contributed by atoms with Crippen LogP contribution in [0.3, 0.4) is 0 Å². The van der Waals surface area contributed by atoms with E-state index in [0.29, 0.717) is 0 Å². The molecule has 2 rings (SSSR count). The number of hydrogen-bond acceptors (Lipinski definition) is 2. The molecule has 1 aromatic rings. The number of carbonyl (C=O) groups excluding carboxylic acids is 1. The summed E-state index contributed by atoms with van der Waals surface area (Å²) >= 11 is 0. The van der Waals surface area contributed by atoms with Gasteiger partial charge in [-0.3, -0.25) is 4.79 Å². The fourth-order valence-electron chi connectivity index (χ4n) is 2.43. The van der Waals surface area contributed by atoms with E-state index < -0.39 is 0 Å². The fraction of sp³-hybridized carbons (Fsp3) is 0.500. The lowest BCUT2D eigenvalue weighted by Crippen LogP contribution is -2.34. The average molecular weight is 269 g/mol. The highest BCUT2D eigenvalue weighted by atomic mass is 35.5. The number of carbonyl (C=O) groups is 1. The summed E-state index contributed by atoms with van der Waals surface area (Å²) in [5.41, 5.74) is 7.94. The molecule has 4 heteroatoms. The molecule has 1 aliphatic carbocycles. The number of nitrogens with two attached hydrogens (primary N) is 1. The van der Waals surface area contributed by atoms with Crippen molar-refractivity contribution in [3.8, 4) is 0 Å². The zero-order valence-corrected chi connectivity index (χ0v) is 11.5. The van der Waals surface area contributed by atoms with Crippen LogP contribution in [0.2, 0.25) is 0 Å². The van der Waals surface area contributed by atoms with Gasteiger partial charge >= 0.3 is 0 Å². The number of halogens is 1. The number of rotatable bonds is 2. The van der Waals surface area contributed by atoms with Gasteiger partial charge in [0, 0.05) is 17.6 Å². The van der Waals surface area contributed by atoms with Gasteiger partial charge in [-0.25, -0.2) is 0 Å². The van der Waals surface area contributed by atoms with Crippen LogP contribution in [0.1, 0.15) is 31.2 Å². The maximum absolute atomic E-state index is 12.1. The van der Waals surface area contributed by atoms with Crippen molar-refractivity contribution >= 4 is 24.0 Å². The average Bonchev–Trinajstić information content (AvgIpc) is 2.29. The molecule has 3 nitrogen and oxygen atoms in total. The molecule has 1 aromatic carbocycles. The largest absolute Gasteiger partial charge is 0.328 e. The highest BCUT2D eigenvalue weighted by Crippen LogP contribution is 2.24. The molecule has 0 radical (unpaired) electrons. The van der Waals surface area contributed by atoms with E-state index >= 15 is 0 Å². The van der Waals surface area contributed by atoms with Crippen LogP contribution in [0.15, 0.2) is 24.3 Å². The summed E-state index contributed by atoms with van der Waals surface area (Å²) in [6, 6.07) is 8.08. The summed E-state index contributed by atoms with van der Waals surface area (Å²) in [6.07, 6.45) is 3.89. The Morgan fingerprint density at radius 1 is 1.39 bits per heavy atom. The number of hydrogen-bond donors (Lipinski definition) is 2. The van der Waals surface area contributed by atoms with E-state index in [0.717, 1.165) is 36.9 Å². The van der Waals surface area contributed by atoms with Gasteiger partial charge in [0.1, 0.15) is 0 Å². The first-order chi connectivity index (χ1) is 8.15. The van der Waals surface area contributed by atoms with Crippen LogP contribution >= 0.6 is 12.4 Å². The number of aryl methyl sites for hydroxylation is 1. The van der Waals surface area contributed by atoms with Gasteiger partial charge in [0.25, 0.3) is 0 Å². The van der Waals surface area contributed by atoms with Crippen LogP contribution in [0, 0.1) is 12.8 Å². The maximum Gasteiger partial charge on any atom is 0.227 e. The van der Waals surface area contributed by atoms with E-state index in [1.54, 1.807) is 0 Å². The molecule has 0 aromatic heterocycles. The maximum atomic E-state index is 12.1. The van der Waals surface area contributed by atoms with E-state index in [1.165, 1.54) is 0 Å². The predicted octanol–water partition coefficient (Wildman–Crippen LogP) is 2.87. The molecule has 0 heterocycles. The molecule has 1 amide bonds. The molecule has 0 bridgehead atoms. The number of benzene rings is 1. The van der Waals surface area contributed by atoms with Gasteiger partial charge in [-0.05, 0) is 43.9 Å². The Hall–Kier alpha value is -1.06. The van der Waals surface area contributed by atoms with Crippen molar-refractivity contribution in [3.63, 3.8) is 0 Å². The molecule has 0 saturated heterocycles. The summed E-state index contributed by atoms with van der Waals surface area (Å²) in [7, 11) is 0. The summed E-state index contributed by atoms with van der Waals surface area (Å²) in [6.45, 7) is 2.02. The predicted molar refractivity (Wildman–Crippen MR) is 77.0 cm³/mol. The molecule has 18 heavy (non-hydrogen) atoms. The lowest BCUT2D eigenvalue weighted by Gasteiger charge is -2.25. The van der Waals surface area contributed by atoms with Crippen LogP contribution in [0.5, 0.6) is 0 Å². The Morgan fingerprint density at radius 2 is 2.17 bits per heavy atom. The lowest BCUT2D eigenvalue weighted by molar-refractivity contribution is -0.120. The number of anilines is 1. The van der Waals surface area contributed by atoms with Crippen LogP contribution < -0.4 is 11.1 Å². The second-order valence-electron chi connectivity index (χ2n) is 4.98. The van der Waals surface area contributed by atoms with Crippen LogP contribution in [0.25, 0.3) is 0 Å². The first kappa shape index (κ1) is 15.0. The normalized spacial score (nSPS) is 23.0. The lowest BCUT2D eigenvalue weighted by atomic mass is 9.85. The van der Waals surface area contributed by atoms with Crippen molar-refractivity contribution in [3.05, 3.63) is 29.8 Å². The van der Waals surface area contributed by atoms with Gasteiger partial charge in [-0.1, -0.05) is 18.6 Å². The smallest absolute Gasteiger partial charge is 0.227 e. The highest BCUT2D eigenvalue weighted by molar-refractivity contribution is 5.92. The third-order valence-corrected chi connectivity index (χ3v) is 3.37. The summed E-state index contributed by atoms with van der Waals surface area (Å²) in [5, 5.41) is 2.98. The van der Waals surface area contributed by atoms with Gasteiger partial charge in [0.2, 0.25) is 5.91 Å². The molecule has 2 unspecified atom stereocenters. The Balaban J connectivity index is 0.00000162. The second-order valence-corrected chi connectivity index (χ2v) is 4.98. The third-order valence-electron chi connectivity index (χ3n) is 3.37. The second kappa shape index (κ2) is 6.76. The molecule has 2 atom stereocenters. The van der Waals surface area contributed by atoms with E-state index in [4.69, 9.17) is 5.73 Å². The molecule has 1 fully saturated rings. The minimum atomic E-state index is 0. The van der Waals surface area contributed by atoms with Crippen LogP contribution in [-0.4, -0.2) is 11.9 Å². The Morgan fingerprint density at radius 3 is 2.83 bits per heavy atom. The zero-order valence-electron chi connectivity index (χ0n) is 10.7. The van der Waals surface area contributed by atoms with E-state index in [2.05, 4.69) is 5.32 Å². The Kier molecular flexibility index (Phi) is 5.63. The molecule has 1 saturated carbocycles. The Labute approximate surface area is 115 Å². The molecule has 0 aliphatic heterocycles. The van der Waals surface area contributed by atoms with Gasteiger partial charge in [0.05, 0.1) is 0 Å². The minimum Gasteiger partial charge on any atom is -0.328 e. The summed E-state index contributed by atoms with van der Waals surface area (Å²) in [4.78, 5) is 12.1. The number of amides is 1.